The first-order valence-electron chi connectivity index (χ1n) is 9.52. The number of carbonyl (C=O) groups is 1. The van der Waals surface area contributed by atoms with Gasteiger partial charge in [-0.3, -0.25) is 4.79 Å². The number of ether oxygens (including phenoxy) is 1. The maximum Gasteiger partial charge on any atom is 0.234 e. The fraction of sp³-hybridized carbons (Fsp3) is 0.227. The molecule has 0 unspecified atom stereocenters. The molecule has 3 rings (SSSR count). The number of hydrogen-bond donors (Lipinski definition) is 1. The Morgan fingerprint density at radius 1 is 1.23 bits per heavy atom. The fourth-order valence-electron chi connectivity index (χ4n) is 2.82. The molecule has 156 valence electrons. The van der Waals surface area contributed by atoms with Gasteiger partial charge in [0, 0.05) is 18.0 Å². The van der Waals surface area contributed by atoms with Crippen molar-refractivity contribution in [3.63, 3.8) is 0 Å². The molecule has 0 fully saturated rings. The van der Waals surface area contributed by atoms with Gasteiger partial charge >= 0.3 is 0 Å². The van der Waals surface area contributed by atoms with Crippen molar-refractivity contribution in [2.45, 2.75) is 25.0 Å². The third-order valence-corrected chi connectivity index (χ3v) is 5.39. The summed E-state index contributed by atoms with van der Waals surface area (Å²) >= 11 is 7.30. The van der Waals surface area contributed by atoms with Gasteiger partial charge in [-0.2, -0.15) is 0 Å². The summed E-state index contributed by atoms with van der Waals surface area (Å²) in [5.74, 6) is 1.52. The van der Waals surface area contributed by atoms with Crippen LogP contribution < -0.4 is 10.1 Å². The van der Waals surface area contributed by atoms with Gasteiger partial charge in [0.2, 0.25) is 5.91 Å². The molecule has 1 heterocycles. The zero-order valence-electron chi connectivity index (χ0n) is 16.7. The number of anilines is 1. The van der Waals surface area contributed by atoms with Gasteiger partial charge in [-0.25, -0.2) is 0 Å². The number of rotatable bonds is 10. The lowest BCUT2D eigenvalue weighted by molar-refractivity contribution is -0.113. The molecule has 2 aromatic carbocycles. The standard InChI is InChI=1S/C22H23ClN4O2S/c1-3-13-27-20(14-16-9-11-17(23)12-10-16)25-26-22(27)30-15-21(28)24-18-7-5-6-8-19(18)29-4-2/h3,5-12H,1,4,13-15H2,2H3,(H,24,28). The zero-order chi connectivity index (χ0) is 21.3. The molecule has 8 heteroatoms. The Labute approximate surface area is 185 Å². The number of halogens is 1. The van der Waals surface area contributed by atoms with E-state index in [1.165, 1.54) is 11.8 Å². The number of hydrogen-bond acceptors (Lipinski definition) is 5. The fourth-order valence-corrected chi connectivity index (χ4v) is 3.71. The van der Waals surface area contributed by atoms with Gasteiger partial charge in [0.1, 0.15) is 11.6 Å². The average Bonchev–Trinajstić information content (AvgIpc) is 3.11. The van der Waals surface area contributed by atoms with Crippen LogP contribution in [0, 0.1) is 0 Å². The third kappa shape index (κ3) is 5.87. The minimum absolute atomic E-state index is 0.139. The van der Waals surface area contributed by atoms with Crippen LogP contribution in [-0.2, 0) is 17.8 Å². The summed E-state index contributed by atoms with van der Waals surface area (Å²) in [7, 11) is 0. The Balaban J connectivity index is 1.66. The molecular weight excluding hydrogens is 420 g/mol. The quantitative estimate of drug-likeness (QED) is 0.359. The van der Waals surface area contributed by atoms with E-state index in [4.69, 9.17) is 16.3 Å². The van der Waals surface area contributed by atoms with Crippen LogP contribution in [0.25, 0.3) is 0 Å². The number of amides is 1. The Morgan fingerprint density at radius 3 is 2.73 bits per heavy atom. The number of carbonyl (C=O) groups excluding carboxylic acids is 1. The van der Waals surface area contributed by atoms with E-state index in [0.717, 1.165) is 11.4 Å². The van der Waals surface area contributed by atoms with Gasteiger partial charge in [-0.1, -0.05) is 53.7 Å². The molecule has 30 heavy (non-hydrogen) atoms. The highest BCUT2D eigenvalue weighted by Gasteiger charge is 2.15. The SMILES string of the molecule is C=CCn1c(Cc2ccc(Cl)cc2)nnc1SCC(=O)Nc1ccccc1OCC. The normalized spacial score (nSPS) is 10.6. The lowest BCUT2D eigenvalue weighted by Crippen LogP contribution is -2.15. The van der Waals surface area contributed by atoms with Crippen LogP contribution in [0.1, 0.15) is 18.3 Å². The van der Waals surface area contributed by atoms with Crippen molar-refractivity contribution in [1.82, 2.24) is 14.8 Å². The van der Waals surface area contributed by atoms with E-state index in [1.54, 1.807) is 6.08 Å². The van der Waals surface area contributed by atoms with Crippen LogP contribution in [0.4, 0.5) is 5.69 Å². The maximum absolute atomic E-state index is 12.5. The summed E-state index contributed by atoms with van der Waals surface area (Å²) in [5, 5.41) is 12.8. The molecule has 0 aliphatic carbocycles. The average molecular weight is 443 g/mol. The number of para-hydroxylation sites is 2. The summed E-state index contributed by atoms with van der Waals surface area (Å²) in [6.45, 7) is 6.82. The van der Waals surface area contributed by atoms with Crippen LogP contribution in [0.5, 0.6) is 5.75 Å². The van der Waals surface area contributed by atoms with Gasteiger partial charge in [0.15, 0.2) is 5.16 Å². The van der Waals surface area contributed by atoms with Gasteiger partial charge < -0.3 is 14.6 Å². The van der Waals surface area contributed by atoms with Crippen molar-refractivity contribution in [1.29, 1.82) is 0 Å². The first kappa shape index (κ1) is 21.9. The molecule has 1 N–H and O–H groups in total. The molecule has 0 spiro atoms. The second-order valence-electron chi connectivity index (χ2n) is 6.37. The predicted octanol–water partition coefficient (Wildman–Crippen LogP) is 4.84. The molecule has 0 aliphatic rings. The molecule has 3 aromatic rings. The molecule has 1 aromatic heterocycles. The van der Waals surface area contributed by atoms with Gasteiger partial charge in [-0.15, -0.1) is 16.8 Å². The van der Waals surface area contributed by atoms with Crippen LogP contribution >= 0.6 is 23.4 Å². The van der Waals surface area contributed by atoms with Crippen LogP contribution in [0.15, 0.2) is 66.3 Å². The lowest BCUT2D eigenvalue weighted by atomic mass is 10.1. The molecule has 0 bridgehead atoms. The number of thioether (sulfide) groups is 1. The van der Waals surface area contributed by atoms with E-state index in [-0.39, 0.29) is 11.7 Å². The number of benzene rings is 2. The third-order valence-electron chi connectivity index (χ3n) is 4.17. The van der Waals surface area contributed by atoms with E-state index >= 15 is 0 Å². The highest BCUT2D eigenvalue weighted by Crippen LogP contribution is 2.25. The van der Waals surface area contributed by atoms with Gasteiger partial charge in [0.05, 0.1) is 18.0 Å². The largest absolute Gasteiger partial charge is 0.492 e. The number of allylic oxidation sites excluding steroid dienone is 1. The lowest BCUT2D eigenvalue weighted by Gasteiger charge is -2.11. The second-order valence-corrected chi connectivity index (χ2v) is 7.75. The van der Waals surface area contributed by atoms with Crippen molar-refractivity contribution >= 4 is 35.0 Å². The molecule has 6 nitrogen and oxygen atoms in total. The van der Waals surface area contributed by atoms with E-state index in [2.05, 4.69) is 22.1 Å². The molecule has 0 radical (unpaired) electrons. The predicted molar refractivity (Wildman–Crippen MR) is 121 cm³/mol. The Hall–Kier alpha value is -2.77. The summed E-state index contributed by atoms with van der Waals surface area (Å²) in [5.41, 5.74) is 1.74. The molecule has 0 atom stereocenters. The Bertz CT molecular complexity index is 1000. The van der Waals surface area contributed by atoms with Crippen molar-refractivity contribution < 1.29 is 9.53 Å². The summed E-state index contributed by atoms with van der Waals surface area (Å²) < 4.78 is 7.52. The summed E-state index contributed by atoms with van der Waals surface area (Å²) in [6.07, 6.45) is 2.41. The highest BCUT2D eigenvalue weighted by atomic mass is 35.5. The van der Waals surface area contributed by atoms with E-state index in [1.807, 2.05) is 60.0 Å². The molecule has 0 saturated carbocycles. The first-order valence-corrected chi connectivity index (χ1v) is 10.9. The smallest absolute Gasteiger partial charge is 0.234 e. The van der Waals surface area contributed by atoms with Crippen LogP contribution in [0.3, 0.4) is 0 Å². The van der Waals surface area contributed by atoms with Gasteiger partial charge in [0.25, 0.3) is 0 Å². The molecule has 0 aliphatic heterocycles. The number of nitrogens with one attached hydrogen (secondary N) is 1. The van der Waals surface area contributed by atoms with E-state index < -0.39 is 0 Å². The number of aromatic nitrogens is 3. The van der Waals surface area contributed by atoms with Crippen molar-refractivity contribution in [3.8, 4) is 5.75 Å². The molecule has 0 saturated heterocycles. The van der Waals surface area contributed by atoms with Crippen molar-refractivity contribution in [3.05, 3.63) is 77.6 Å². The van der Waals surface area contributed by atoms with Crippen LogP contribution in [0.2, 0.25) is 5.02 Å². The van der Waals surface area contributed by atoms with E-state index in [0.29, 0.717) is 41.2 Å². The summed E-state index contributed by atoms with van der Waals surface area (Å²) in [4.78, 5) is 12.5. The Kier molecular flexibility index (Phi) is 7.93. The van der Waals surface area contributed by atoms with Crippen molar-refractivity contribution in [2.75, 3.05) is 17.7 Å². The number of nitrogens with zero attached hydrogens (tertiary/aromatic N) is 3. The van der Waals surface area contributed by atoms with E-state index in [9.17, 15) is 4.79 Å². The van der Waals surface area contributed by atoms with Crippen molar-refractivity contribution in [2.24, 2.45) is 0 Å². The Morgan fingerprint density at radius 2 is 2.00 bits per heavy atom. The summed E-state index contributed by atoms with van der Waals surface area (Å²) in [6, 6.07) is 15.0. The highest BCUT2D eigenvalue weighted by molar-refractivity contribution is 7.99. The maximum atomic E-state index is 12.5. The van der Waals surface area contributed by atoms with Crippen LogP contribution in [-0.4, -0.2) is 33.0 Å². The zero-order valence-corrected chi connectivity index (χ0v) is 18.2. The van der Waals surface area contributed by atoms with Gasteiger partial charge in [-0.05, 0) is 36.8 Å². The second kappa shape index (κ2) is 10.8. The minimum atomic E-state index is -0.139. The monoisotopic (exact) mass is 442 g/mol. The molecule has 1 amide bonds. The first-order chi connectivity index (χ1) is 14.6. The minimum Gasteiger partial charge on any atom is -0.492 e. The topological polar surface area (TPSA) is 69.0 Å². The molecular formula is C22H23ClN4O2S.